The van der Waals surface area contributed by atoms with E-state index in [2.05, 4.69) is 15.5 Å². The molecule has 0 saturated carbocycles. The van der Waals surface area contributed by atoms with Gasteiger partial charge >= 0.3 is 0 Å². The molecule has 2 N–H and O–H groups in total. The van der Waals surface area contributed by atoms with Gasteiger partial charge in [-0.15, -0.1) is 11.3 Å². The van der Waals surface area contributed by atoms with Gasteiger partial charge in [-0.25, -0.2) is 10.4 Å². The third-order valence-electron chi connectivity index (χ3n) is 4.64. The van der Waals surface area contributed by atoms with Gasteiger partial charge in [0.2, 0.25) is 0 Å². The Balaban J connectivity index is 1.75. The largest absolute Gasteiger partial charge is 0.506 e. The van der Waals surface area contributed by atoms with E-state index >= 15 is 0 Å². The first-order chi connectivity index (χ1) is 15.4. The van der Waals surface area contributed by atoms with Crippen molar-refractivity contribution in [3.63, 3.8) is 0 Å². The molecular weight excluding hydrogens is 471 g/mol. The third kappa shape index (κ3) is 4.35. The zero-order valence-electron chi connectivity index (χ0n) is 17.1. The number of hydrazone groups is 1. The van der Waals surface area contributed by atoms with Crippen molar-refractivity contribution < 1.29 is 14.6 Å². The maximum atomic E-state index is 13.1. The number of nitrogens with zero attached hydrogens (tertiary/aromatic N) is 3. The van der Waals surface area contributed by atoms with E-state index < -0.39 is 5.91 Å². The van der Waals surface area contributed by atoms with Crippen molar-refractivity contribution in [2.45, 2.75) is 13.5 Å². The highest BCUT2D eigenvalue weighted by atomic mass is 35.5. The molecule has 0 radical (unpaired) electrons. The quantitative estimate of drug-likeness (QED) is 0.284. The third-order valence-corrected chi connectivity index (χ3v) is 6.22. The predicted molar refractivity (Wildman–Crippen MR) is 128 cm³/mol. The second-order valence-electron chi connectivity index (χ2n) is 6.93. The number of thiophene rings is 1. The summed E-state index contributed by atoms with van der Waals surface area (Å²) in [6, 6.07) is 8.63. The number of methoxy groups -OCH3 is 1. The van der Waals surface area contributed by atoms with Gasteiger partial charge < -0.3 is 14.4 Å². The smallest absolute Gasteiger partial charge is 0.283 e. The number of aryl methyl sites for hydroxylation is 1. The number of rotatable bonds is 6. The van der Waals surface area contributed by atoms with Crippen molar-refractivity contribution in [1.82, 2.24) is 15.0 Å². The van der Waals surface area contributed by atoms with Crippen LogP contribution in [0.25, 0.3) is 15.9 Å². The van der Waals surface area contributed by atoms with Gasteiger partial charge in [-0.1, -0.05) is 23.2 Å². The summed E-state index contributed by atoms with van der Waals surface area (Å²) in [6.45, 7) is 2.29. The fraction of sp³-hybridized carbons (Fsp3) is 0.136. The first-order valence-electron chi connectivity index (χ1n) is 9.45. The first-order valence-corrected chi connectivity index (χ1v) is 11.0. The molecule has 0 aliphatic carbocycles. The summed E-state index contributed by atoms with van der Waals surface area (Å²) in [5.41, 5.74) is 5.28. The number of phenols is 1. The van der Waals surface area contributed by atoms with Crippen LogP contribution in [0.3, 0.4) is 0 Å². The molecule has 0 aliphatic rings. The summed E-state index contributed by atoms with van der Waals surface area (Å²) in [7, 11) is 1.63. The van der Waals surface area contributed by atoms with Crippen LogP contribution in [-0.2, 0) is 11.3 Å². The molecule has 0 saturated heterocycles. The number of phenolic OH excluding ortho intramolecular Hbond substituents is 1. The number of fused-ring (bicyclic) bond motifs is 1. The van der Waals surface area contributed by atoms with E-state index in [1.54, 1.807) is 7.11 Å². The number of amides is 1. The average Bonchev–Trinajstić information content (AvgIpc) is 3.39. The monoisotopic (exact) mass is 488 g/mol. The number of benzene rings is 1. The summed E-state index contributed by atoms with van der Waals surface area (Å²) in [5.74, 6) is -0.588. The van der Waals surface area contributed by atoms with Crippen molar-refractivity contribution in [2.24, 2.45) is 5.10 Å². The van der Waals surface area contributed by atoms with Crippen LogP contribution in [0.1, 0.15) is 26.5 Å². The van der Waals surface area contributed by atoms with Crippen molar-refractivity contribution in [3.8, 4) is 11.4 Å². The second kappa shape index (κ2) is 9.30. The molecule has 7 nitrogen and oxygen atoms in total. The van der Waals surface area contributed by atoms with Gasteiger partial charge in [0.1, 0.15) is 15.5 Å². The zero-order valence-corrected chi connectivity index (χ0v) is 19.4. The predicted octanol–water partition coefficient (Wildman–Crippen LogP) is 5.32. The maximum absolute atomic E-state index is 13.1. The number of nitrogens with one attached hydrogen (secondary N) is 1. The van der Waals surface area contributed by atoms with Crippen LogP contribution >= 0.6 is 34.5 Å². The Kier molecular flexibility index (Phi) is 6.48. The number of halogens is 2. The average molecular weight is 489 g/mol. The van der Waals surface area contributed by atoms with Crippen LogP contribution in [0.5, 0.6) is 5.75 Å². The summed E-state index contributed by atoms with van der Waals surface area (Å²) in [5, 5.41) is 15.3. The second-order valence-corrected chi connectivity index (χ2v) is 8.77. The summed E-state index contributed by atoms with van der Waals surface area (Å²) >= 11 is 13.2. The molecule has 10 heteroatoms. The normalized spacial score (nSPS) is 11.5. The van der Waals surface area contributed by atoms with Gasteiger partial charge in [0.05, 0.1) is 23.5 Å². The van der Waals surface area contributed by atoms with E-state index in [-0.39, 0.29) is 16.3 Å². The Bertz CT molecular complexity index is 1330. The Hall–Kier alpha value is -2.91. The first kappa shape index (κ1) is 22.3. The minimum atomic E-state index is -0.415. The zero-order chi connectivity index (χ0) is 22.8. The molecule has 3 aromatic heterocycles. The molecule has 1 aromatic carbocycles. The van der Waals surface area contributed by atoms with Crippen LogP contribution in [0.15, 0.2) is 47.8 Å². The Morgan fingerprint density at radius 2 is 2.06 bits per heavy atom. The van der Waals surface area contributed by atoms with Crippen LogP contribution < -0.4 is 5.43 Å². The molecule has 4 aromatic rings. The molecular formula is C22H18Cl2N4O3S. The molecule has 0 atom stereocenters. The molecule has 0 fully saturated rings. The van der Waals surface area contributed by atoms with Crippen molar-refractivity contribution >= 4 is 56.9 Å². The summed E-state index contributed by atoms with van der Waals surface area (Å²) in [4.78, 5) is 18.9. The lowest BCUT2D eigenvalue weighted by Crippen LogP contribution is -2.18. The minimum Gasteiger partial charge on any atom is -0.506 e. The number of hydrogen-bond donors (Lipinski definition) is 2. The standard InChI is InChI=1S/C22H18Cl2N4O3S/c1-12-7-14(11-31-2)17-18(28-5-3-4-6-28)20(32-22(17)26-12)21(30)27-25-10-13-8-15(23)9-16(24)19(13)29/h3-10,29H,11H2,1-2H3,(H,27,30)/b25-10-. The van der Waals surface area contributed by atoms with Crippen LogP contribution in [0.2, 0.25) is 10.0 Å². The highest BCUT2D eigenvalue weighted by Crippen LogP contribution is 2.36. The van der Waals surface area contributed by atoms with Gasteiger partial charge in [-0.3, -0.25) is 4.79 Å². The van der Waals surface area contributed by atoms with E-state index in [9.17, 15) is 9.90 Å². The fourth-order valence-electron chi connectivity index (χ4n) is 3.34. The van der Waals surface area contributed by atoms with Gasteiger partial charge in [0.15, 0.2) is 0 Å². The Morgan fingerprint density at radius 3 is 2.78 bits per heavy atom. The summed E-state index contributed by atoms with van der Waals surface area (Å²) < 4.78 is 7.25. The summed E-state index contributed by atoms with van der Waals surface area (Å²) in [6.07, 6.45) is 5.01. The number of carbonyl (C=O) groups is 1. The topological polar surface area (TPSA) is 88.7 Å². The molecule has 0 unspecified atom stereocenters. The lowest BCUT2D eigenvalue weighted by Gasteiger charge is -2.09. The Morgan fingerprint density at radius 1 is 1.31 bits per heavy atom. The highest BCUT2D eigenvalue weighted by Gasteiger charge is 2.23. The van der Waals surface area contributed by atoms with E-state index in [1.165, 1.54) is 29.7 Å². The van der Waals surface area contributed by atoms with Gasteiger partial charge in [0, 0.05) is 41.2 Å². The van der Waals surface area contributed by atoms with E-state index in [4.69, 9.17) is 27.9 Å². The number of hydrogen-bond acceptors (Lipinski definition) is 6. The van der Waals surface area contributed by atoms with E-state index in [1.807, 2.05) is 42.1 Å². The SMILES string of the molecule is COCc1cc(C)nc2sc(C(=O)N/N=C\c3cc(Cl)cc(Cl)c3O)c(-n3cccc3)c12. The minimum absolute atomic E-state index is 0.0943. The number of ether oxygens (including phenoxy) is 1. The van der Waals surface area contributed by atoms with Crippen molar-refractivity contribution in [3.05, 3.63) is 74.5 Å². The van der Waals surface area contributed by atoms with Gasteiger partial charge in [-0.2, -0.15) is 5.10 Å². The van der Waals surface area contributed by atoms with E-state index in [0.717, 1.165) is 21.5 Å². The van der Waals surface area contributed by atoms with Crippen molar-refractivity contribution in [1.29, 1.82) is 0 Å². The number of aromatic nitrogens is 2. The number of pyridine rings is 1. The maximum Gasteiger partial charge on any atom is 0.283 e. The van der Waals surface area contributed by atoms with E-state index in [0.29, 0.717) is 22.2 Å². The molecule has 1 amide bonds. The number of aromatic hydroxyl groups is 1. The highest BCUT2D eigenvalue weighted by molar-refractivity contribution is 7.21. The fourth-order valence-corrected chi connectivity index (χ4v) is 5.01. The lowest BCUT2D eigenvalue weighted by molar-refractivity contribution is 0.0959. The molecule has 3 heterocycles. The van der Waals surface area contributed by atoms with Crippen LogP contribution in [-0.4, -0.2) is 33.9 Å². The van der Waals surface area contributed by atoms with Crippen LogP contribution in [0.4, 0.5) is 0 Å². The Labute approximate surface area is 197 Å². The molecule has 0 aliphatic heterocycles. The molecule has 164 valence electrons. The van der Waals surface area contributed by atoms with Crippen LogP contribution in [0, 0.1) is 6.92 Å². The van der Waals surface area contributed by atoms with Gasteiger partial charge in [0.25, 0.3) is 5.91 Å². The molecule has 0 spiro atoms. The number of carbonyl (C=O) groups excluding carboxylic acids is 1. The molecule has 4 rings (SSSR count). The van der Waals surface area contributed by atoms with Gasteiger partial charge in [-0.05, 0) is 42.8 Å². The van der Waals surface area contributed by atoms with Crippen molar-refractivity contribution in [2.75, 3.05) is 7.11 Å². The lowest BCUT2D eigenvalue weighted by atomic mass is 10.1. The molecule has 32 heavy (non-hydrogen) atoms. The molecule has 0 bridgehead atoms.